The first-order valence-electron chi connectivity index (χ1n) is 7.88. The average molecular weight is 421 g/mol. The summed E-state index contributed by atoms with van der Waals surface area (Å²) in [5.41, 5.74) is 3.57. The summed E-state index contributed by atoms with van der Waals surface area (Å²) >= 11 is 3.38. The van der Waals surface area contributed by atoms with Gasteiger partial charge in [0, 0.05) is 28.8 Å². The van der Waals surface area contributed by atoms with Crippen molar-refractivity contribution >= 4 is 39.6 Å². The van der Waals surface area contributed by atoms with E-state index in [1.807, 2.05) is 6.92 Å². The third-order valence-corrected chi connectivity index (χ3v) is 5.94. The summed E-state index contributed by atoms with van der Waals surface area (Å²) in [6.45, 7) is 7.55. The van der Waals surface area contributed by atoms with E-state index < -0.39 is 12.1 Å². The molecule has 148 valence electrons. The summed E-state index contributed by atoms with van der Waals surface area (Å²) in [5, 5.41) is 15.5. The monoisotopic (exact) mass is 421 g/mol. The van der Waals surface area contributed by atoms with Crippen molar-refractivity contribution in [1.82, 2.24) is 10.3 Å². The molecule has 0 saturated carbocycles. The highest BCUT2D eigenvalue weighted by molar-refractivity contribution is 7.19. The number of aliphatic carboxylic acids is 1. The molecule has 0 unspecified atom stereocenters. The van der Waals surface area contributed by atoms with Crippen LogP contribution in [0.2, 0.25) is 0 Å². The first kappa shape index (κ1) is 21.3. The molecule has 0 saturated heterocycles. The van der Waals surface area contributed by atoms with Crippen LogP contribution in [0.4, 0.5) is 18.2 Å². The Bertz CT molecular complexity index is 840. The number of nitrogens with zero attached hydrogens (tertiary/aromatic N) is 1. The maximum absolute atomic E-state index is 11.4. The summed E-state index contributed by atoms with van der Waals surface area (Å²) in [4.78, 5) is 27.6. The molecule has 11 heteroatoms. The molecule has 0 aliphatic carbocycles. The lowest BCUT2D eigenvalue weighted by atomic mass is 10.0. The summed E-state index contributed by atoms with van der Waals surface area (Å²) in [5.74, 6) is -2.78. The second kappa shape index (κ2) is 8.36. The number of rotatable bonds is 2. The van der Waals surface area contributed by atoms with Crippen molar-refractivity contribution in [3.8, 4) is 10.6 Å². The van der Waals surface area contributed by atoms with Crippen molar-refractivity contribution in [3.05, 3.63) is 21.0 Å². The van der Waals surface area contributed by atoms with Gasteiger partial charge < -0.3 is 15.7 Å². The fourth-order valence-electron chi connectivity index (χ4n) is 2.39. The zero-order valence-electron chi connectivity index (χ0n) is 14.8. The molecule has 0 bridgehead atoms. The average Bonchev–Trinajstić information content (AvgIpc) is 3.06. The molecule has 6 nitrogen and oxygen atoms in total. The number of carbonyl (C=O) groups excluding carboxylic acids is 1. The van der Waals surface area contributed by atoms with E-state index in [9.17, 15) is 18.0 Å². The number of aryl methyl sites for hydroxylation is 2. The van der Waals surface area contributed by atoms with Crippen LogP contribution in [-0.4, -0.2) is 34.7 Å². The lowest BCUT2D eigenvalue weighted by Crippen LogP contribution is -2.22. The molecular weight excluding hydrogens is 403 g/mol. The number of hydrogen-bond acceptors (Lipinski definition) is 6. The first-order chi connectivity index (χ1) is 12.5. The van der Waals surface area contributed by atoms with E-state index in [4.69, 9.17) is 9.90 Å². The van der Waals surface area contributed by atoms with Gasteiger partial charge in [-0.3, -0.25) is 4.79 Å². The van der Waals surface area contributed by atoms with Crippen LogP contribution in [0.15, 0.2) is 0 Å². The number of thiophene rings is 1. The summed E-state index contributed by atoms with van der Waals surface area (Å²) in [7, 11) is 0. The highest BCUT2D eigenvalue weighted by atomic mass is 32.1. The van der Waals surface area contributed by atoms with Crippen LogP contribution in [0.3, 0.4) is 0 Å². The van der Waals surface area contributed by atoms with E-state index in [1.165, 1.54) is 15.3 Å². The van der Waals surface area contributed by atoms with Crippen LogP contribution < -0.4 is 10.6 Å². The molecule has 0 fully saturated rings. The van der Waals surface area contributed by atoms with Gasteiger partial charge in [0.25, 0.3) is 0 Å². The molecule has 3 rings (SSSR count). The number of aromatic nitrogens is 1. The maximum atomic E-state index is 11.4. The molecule has 1 aliphatic heterocycles. The Morgan fingerprint density at radius 1 is 1.26 bits per heavy atom. The van der Waals surface area contributed by atoms with E-state index >= 15 is 0 Å². The molecule has 27 heavy (non-hydrogen) atoms. The number of amides is 1. The standard InChI is InChI=1S/C14H17N3OS2.C2HF3O2/c1-7-8(2)19-13(16-7)12-10-4-5-15-6-11(10)20-14(12)17-9(3)18;3-2(4,5)1(6)7/h15H,4-6H2,1-3H3,(H,17,18);(H,6,7). The topological polar surface area (TPSA) is 91.3 Å². The van der Waals surface area contributed by atoms with Gasteiger partial charge in [0.05, 0.1) is 5.69 Å². The molecule has 1 aliphatic rings. The largest absolute Gasteiger partial charge is 0.490 e. The lowest BCUT2D eigenvalue weighted by Gasteiger charge is -2.13. The van der Waals surface area contributed by atoms with E-state index in [1.54, 1.807) is 29.6 Å². The van der Waals surface area contributed by atoms with Crippen molar-refractivity contribution < 1.29 is 27.9 Å². The lowest BCUT2D eigenvalue weighted by molar-refractivity contribution is -0.192. The molecule has 0 radical (unpaired) electrons. The van der Waals surface area contributed by atoms with Gasteiger partial charge in [-0.05, 0) is 32.4 Å². The van der Waals surface area contributed by atoms with E-state index in [-0.39, 0.29) is 5.91 Å². The predicted octanol–water partition coefficient (Wildman–Crippen LogP) is 3.73. The Hall–Kier alpha value is -1.98. The molecule has 0 aromatic carbocycles. The van der Waals surface area contributed by atoms with E-state index in [0.29, 0.717) is 0 Å². The van der Waals surface area contributed by atoms with Crippen LogP contribution in [0.5, 0.6) is 0 Å². The first-order valence-corrected chi connectivity index (χ1v) is 9.51. The Kier molecular flexibility index (Phi) is 6.60. The number of thiazole rings is 1. The summed E-state index contributed by atoms with van der Waals surface area (Å²) in [6.07, 6.45) is -4.08. The Labute approximate surface area is 161 Å². The smallest absolute Gasteiger partial charge is 0.475 e. The van der Waals surface area contributed by atoms with Crippen molar-refractivity contribution in [1.29, 1.82) is 0 Å². The van der Waals surface area contributed by atoms with Crippen molar-refractivity contribution in [2.24, 2.45) is 0 Å². The second-order valence-electron chi connectivity index (χ2n) is 5.78. The third-order valence-electron chi connectivity index (χ3n) is 3.70. The predicted molar refractivity (Wildman–Crippen MR) is 98.3 cm³/mol. The second-order valence-corrected chi connectivity index (χ2v) is 8.09. The van der Waals surface area contributed by atoms with Crippen molar-refractivity contribution in [2.75, 3.05) is 11.9 Å². The number of fused-ring (bicyclic) bond motifs is 1. The Balaban J connectivity index is 0.000000321. The molecule has 2 aromatic heterocycles. The normalized spacial score (nSPS) is 13.4. The zero-order valence-corrected chi connectivity index (χ0v) is 16.4. The number of hydrogen-bond donors (Lipinski definition) is 3. The molecule has 3 N–H and O–H groups in total. The Morgan fingerprint density at radius 2 is 1.89 bits per heavy atom. The molecular formula is C16H18F3N3O3S2. The van der Waals surface area contributed by atoms with Crippen LogP contribution >= 0.6 is 22.7 Å². The summed E-state index contributed by atoms with van der Waals surface area (Å²) in [6, 6.07) is 0. The minimum absolute atomic E-state index is 0.0252. The van der Waals surface area contributed by atoms with Gasteiger partial charge in [0.15, 0.2) is 0 Å². The number of carboxylic acid groups (broad SMARTS) is 1. The number of anilines is 1. The minimum atomic E-state index is -5.08. The highest BCUT2D eigenvalue weighted by Crippen LogP contribution is 2.44. The molecule has 3 heterocycles. The number of carbonyl (C=O) groups is 2. The number of alkyl halides is 3. The molecule has 0 spiro atoms. The van der Waals surface area contributed by atoms with Crippen molar-refractivity contribution in [2.45, 2.75) is 39.9 Å². The zero-order chi connectivity index (χ0) is 20.4. The third kappa shape index (κ3) is 5.27. The van der Waals surface area contributed by atoms with Crippen LogP contribution in [0, 0.1) is 13.8 Å². The van der Waals surface area contributed by atoms with Gasteiger partial charge in [-0.25, -0.2) is 9.78 Å². The van der Waals surface area contributed by atoms with Gasteiger partial charge in [-0.1, -0.05) is 0 Å². The van der Waals surface area contributed by atoms with Crippen LogP contribution in [0.25, 0.3) is 10.6 Å². The fourth-order valence-corrected chi connectivity index (χ4v) is 4.71. The quantitative estimate of drug-likeness (QED) is 0.687. The molecule has 1 amide bonds. The van der Waals surface area contributed by atoms with Gasteiger partial charge >= 0.3 is 12.1 Å². The van der Waals surface area contributed by atoms with Crippen LogP contribution in [-0.2, 0) is 22.6 Å². The van der Waals surface area contributed by atoms with Gasteiger partial charge in [0.1, 0.15) is 10.0 Å². The van der Waals surface area contributed by atoms with Crippen molar-refractivity contribution in [3.63, 3.8) is 0 Å². The van der Waals surface area contributed by atoms with Gasteiger partial charge in [-0.15, -0.1) is 22.7 Å². The molecule has 0 atom stereocenters. The highest BCUT2D eigenvalue weighted by Gasteiger charge is 2.38. The van der Waals surface area contributed by atoms with E-state index in [2.05, 4.69) is 22.5 Å². The minimum Gasteiger partial charge on any atom is -0.475 e. The Morgan fingerprint density at radius 3 is 2.37 bits per heavy atom. The van der Waals surface area contributed by atoms with Gasteiger partial charge in [0.2, 0.25) is 5.91 Å². The number of carboxylic acids is 1. The number of halogens is 3. The van der Waals surface area contributed by atoms with Crippen LogP contribution in [0.1, 0.15) is 27.9 Å². The number of nitrogens with one attached hydrogen (secondary N) is 2. The van der Waals surface area contributed by atoms with Gasteiger partial charge in [-0.2, -0.15) is 13.2 Å². The SMILES string of the molecule is CC(=O)Nc1sc2c(c1-c1nc(C)c(C)s1)CCNC2.O=C(O)C(F)(F)F. The summed E-state index contributed by atoms with van der Waals surface area (Å²) < 4.78 is 31.7. The van der Waals surface area contributed by atoms with E-state index in [0.717, 1.165) is 40.8 Å². The molecule has 2 aromatic rings. The maximum Gasteiger partial charge on any atom is 0.490 e. The fraction of sp³-hybridized carbons (Fsp3) is 0.438.